The summed E-state index contributed by atoms with van der Waals surface area (Å²) < 4.78 is 10.5. The fourth-order valence-electron chi connectivity index (χ4n) is 2.07. The first-order valence-electron chi connectivity index (χ1n) is 7.03. The van der Waals surface area contributed by atoms with Gasteiger partial charge >= 0.3 is 0 Å². The average molecular weight is 351 g/mol. The second-order valence-corrected chi connectivity index (χ2v) is 5.05. The number of nitrogens with one attached hydrogen (secondary N) is 1. The Kier molecular flexibility index (Phi) is 5.59. The van der Waals surface area contributed by atoms with E-state index >= 15 is 0 Å². The van der Waals surface area contributed by atoms with Crippen molar-refractivity contribution in [3.05, 3.63) is 57.1 Å². The maximum atomic E-state index is 12.5. The Morgan fingerprint density at radius 1 is 1.33 bits per heavy atom. The fraction of sp³-hybridized carbons (Fsp3) is 0.188. The van der Waals surface area contributed by atoms with Crippen molar-refractivity contribution in [3.8, 4) is 11.5 Å². The minimum Gasteiger partial charge on any atom is -0.496 e. The van der Waals surface area contributed by atoms with Crippen LogP contribution in [-0.4, -0.2) is 24.5 Å². The van der Waals surface area contributed by atoms with Crippen LogP contribution in [0.1, 0.15) is 17.3 Å². The number of ether oxygens (including phenoxy) is 2. The van der Waals surface area contributed by atoms with Crippen molar-refractivity contribution in [2.24, 2.45) is 0 Å². The van der Waals surface area contributed by atoms with E-state index in [0.29, 0.717) is 23.1 Å². The van der Waals surface area contributed by atoms with Gasteiger partial charge in [-0.1, -0.05) is 17.7 Å². The zero-order chi connectivity index (χ0) is 17.7. The molecule has 2 aromatic rings. The first-order valence-corrected chi connectivity index (χ1v) is 7.40. The number of nitrogens with zero attached hydrogens (tertiary/aromatic N) is 1. The molecule has 1 N–H and O–H groups in total. The van der Waals surface area contributed by atoms with E-state index in [1.165, 1.54) is 19.2 Å². The predicted molar refractivity (Wildman–Crippen MR) is 90.2 cm³/mol. The van der Waals surface area contributed by atoms with Crippen molar-refractivity contribution in [2.45, 2.75) is 6.92 Å². The molecular formula is C16H15ClN2O5. The van der Waals surface area contributed by atoms with Crippen molar-refractivity contribution in [1.82, 2.24) is 0 Å². The number of methoxy groups -OCH3 is 1. The Hall–Kier alpha value is -2.80. The summed E-state index contributed by atoms with van der Waals surface area (Å²) in [5, 5.41) is 13.9. The van der Waals surface area contributed by atoms with Crippen LogP contribution in [-0.2, 0) is 0 Å². The molecule has 0 saturated heterocycles. The van der Waals surface area contributed by atoms with Crippen LogP contribution in [0, 0.1) is 10.1 Å². The van der Waals surface area contributed by atoms with Crippen molar-refractivity contribution >= 4 is 28.9 Å². The van der Waals surface area contributed by atoms with Crippen molar-refractivity contribution in [2.75, 3.05) is 19.0 Å². The number of halogens is 1. The monoisotopic (exact) mass is 350 g/mol. The highest BCUT2D eigenvalue weighted by atomic mass is 35.5. The molecule has 0 saturated carbocycles. The Labute approximate surface area is 143 Å². The van der Waals surface area contributed by atoms with E-state index in [1.807, 2.05) is 0 Å². The number of carbonyl (C=O) groups excluding carboxylic acids is 1. The molecule has 0 aromatic heterocycles. The van der Waals surface area contributed by atoms with E-state index in [0.717, 1.165) is 6.07 Å². The first-order chi connectivity index (χ1) is 11.5. The maximum Gasteiger partial charge on any atom is 0.270 e. The summed E-state index contributed by atoms with van der Waals surface area (Å²) in [5.74, 6) is -0.0173. The van der Waals surface area contributed by atoms with Crippen LogP contribution in [0.25, 0.3) is 0 Å². The molecule has 2 rings (SSSR count). The number of carbonyl (C=O) groups is 1. The van der Waals surface area contributed by atoms with Gasteiger partial charge in [0.25, 0.3) is 11.6 Å². The molecule has 0 fully saturated rings. The summed E-state index contributed by atoms with van der Waals surface area (Å²) in [6.07, 6.45) is 0. The van der Waals surface area contributed by atoms with Gasteiger partial charge < -0.3 is 14.8 Å². The molecule has 0 spiro atoms. The smallest absolute Gasteiger partial charge is 0.270 e. The van der Waals surface area contributed by atoms with Crippen LogP contribution in [0.2, 0.25) is 5.02 Å². The summed E-state index contributed by atoms with van der Waals surface area (Å²) in [5.41, 5.74) is 0.189. The number of hydrogen-bond donors (Lipinski definition) is 1. The van der Waals surface area contributed by atoms with Gasteiger partial charge in [-0.3, -0.25) is 14.9 Å². The number of hydrogen-bond acceptors (Lipinski definition) is 5. The van der Waals surface area contributed by atoms with Gasteiger partial charge in [-0.15, -0.1) is 0 Å². The number of rotatable bonds is 6. The number of amides is 1. The van der Waals surface area contributed by atoms with Crippen LogP contribution < -0.4 is 14.8 Å². The maximum absolute atomic E-state index is 12.5. The average Bonchev–Trinajstić information content (AvgIpc) is 2.57. The Bertz CT molecular complexity index is 779. The summed E-state index contributed by atoms with van der Waals surface area (Å²) in [4.78, 5) is 22.9. The molecule has 2 aromatic carbocycles. The second-order valence-electron chi connectivity index (χ2n) is 4.65. The molecule has 0 aliphatic carbocycles. The molecule has 0 radical (unpaired) electrons. The van der Waals surface area contributed by atoms with Crippen molar-refractivity contribution in [1.29, 1.82) is 0 Å². The minimum atomic E-state index is -0.582. The van der Waals surface area contributed by atoms with E-state index in [2.05, 4.69) is 5.32 Å². The topological polar surface area (TPSA) is 90.7 Å². The lowest BCUT2D eigenvalue weighted by Crippen LogP contribution is -2.14. The zero-order valence-corrected chi connectivity index (χ0v) is 13.8. The van der Waals surface area contributed by atoms with Gasteiger partial charge in [0.05, 0.1) is 34.9 Å². The van der Waals surface area contributed by atoms with Gasteiger partial charge in [0.2, 0.25) is 0 Å². The summed E-state index contributed by atoms with van der Waals surface area (Å²) in [7, 11) is 1.38. The van der Waals surface area contributed by atoms with E-state index in [1.54, 1.807) is 25.1 Å². The number of benzene rings is 2. The molecule has 126 valence electrons. The highest BCUT2D eigenvalue weighted by Crippen LogP contribution is 2.34. The molecule has 1 amide bonds. The SMILES string of the molecule is CCOc1c(Cl)cccc1NC(=O)c1cc([N+](=O)[O-])ccc1OC. The highest BCUT2D eigenvalue weighted by Gasteiger charge is 2.19. The number of non-ortho nitro benzene ring substituents is 1. The number of nitro groups is 1. The van der Waals surface area contributed by atoms with E-state index in [4.69, 9.17) is 21.1 Å². The Morgan fingerprint density at radius 2 is 2.08 bits per heavy atom. The second kappa shape index (κ2) is 7.65. The third-order valence-corrected chi connectivity index (χ3v) is 3.44. The molecule has 24 heavy (non-hydrogen) atoms. The highest BCUT2D eigenvalue weighted by molar-refractivity contribution is 6.32. The van der Waals surface area contributed by atoms with Gasteiger partial charge in [0, 0.05) is 12.1 Å². The first kappa shape index (κ1) is 17.6. The molecule has 0 heterocycles. The van der Waals surface area contributed by atoms with Gasteiger partial charge in [-0.25, -0.2) is 0 Å². The standard InChI is InChI=1S/C16H15ClN2O5/c1-3-24-15-12(17)5-4-6-13(15)18-16(20)11-9-10(19(21)22)7-8-14(11)23-2/h4-9H,3H2,1-2H3,(H,18,20). The molecule has 0 unspecified atom stereocenters. The lowest BCUT2D eigenvalue weighted by molar-refractivity contribution is -0.384. The predicted octanol–water partition coefficient (Wildman–Crippen LogP) is 3.91. The van der Waals surface area contributed by atoms with Gasteiger partial charge in [0.1, 0.15) is 5.75 Å². The lowest BCUT2D eigenvalue weighted by atomic mass is 10.1. The number of nitro benzene ring substituents is 1. The molecule has 0 atom stereocenters. The third-order valence-electron chi connectivity index (χ3n) is 3.14. The Morgan fingerprint density at radius 3 is 2.71 bits per heavy atom. The van der Waals surface area contributed by atoms with Gasteiger partial charge in [0.15, 0.2) is 5.75 Å². The van der Waals surface area contributed by atoms with Crippen molar-refractivity contribution in [3.63, 3.8) is 0 Å². The number of para-hydroxylation sites is 1. The van der Waals surface area contributed by atoms with Crippen LogP contribution in [0.4, 0.5) is 11.4 Å². The summed E-state index contributed by atoms with van der Waals surface area (Å²) in [6, 6.07) is 8.70. The Balaban J connectivity index is 2.38. The quantitative estimate of drug-likeness (QED) is 0.630. The van der Waals surface area contributed by atoms with E-state index in [9.17, 15) is 14.9 Å². The molecule has 0 aliphatic rings. The zero-order valence-electron chi connectivity index (χ0n) is 13.0. The largest absolute Gasteiger partial charge is 0.496 e. The van der Waals surface area contributed by atoms with Crippen LogP contribution in [0.3, 0.4) is 0 Å². The molecule has 8 heteroatoms. The van der Waals surface area contributed by atoms with E-state index < -0.39 is 10.8 Å². The lowest BCUT2D eigenvalue weighted by Gasteiger charge is -2.14. The van der Waals surface area contributed by atoms with Gasteiger partial charge in [-0.2, -0.15) is 0 Å². The molecule has 0 bridgehead atoms. The van der Waals surface area contributed by atoms with E-state index in [-0.39, 0.29) is 17.0 Å². The van der Waals surface area contributed by atoms with Gasteiger partial charge in [-0.05, 0) is 25.1 Å². The van der Waals surface area contributed by atoms with Crippen LogP contribution in [0.5, 0.6) is 11.5 Å². The minimum absolute atomic E-state index is 0.0362. The fourth-order valence-corrected chi connectivity index (χ4v) is 2.30. The normalized spacial score (nSPS) is 10.1. The van der Waals surface area contributed by atoms with Crippen molar-refractivity contribution < 1.29 is 19.2 Å². The van der Waals surface area contributed by atoms with Crippen LogP contribution >= 0.6 is 11.6 Å². The molecule has 7 nitrogen and oxygen atoms in total. The number of anilines is 1. The summed E-state index contributed by atoms with van der Waals surface area (Å²) >= 11 is 6.07. The molecule has 0 aliphatic heterocycles. The third kappa shape index (κ3) is 3.75. The summed E-state index contributed by atoms with van der Waals surface area (Å²) in [6.45, 7) is 2.16. The van der Waals surface area contributed by atoms with Crippen LogP contribution in [0.15, 0.2) is 36.4 Å². The molecular weight excluding hydrogens is 336 g/mol.